The molecule has 2 aromatic heterocycles. The first-order valence-electron chi connectivity index (χ1n) is 4.15. The third kappa shape index (κ3) is 1.65. The van der Waals surface area contributed by atoms with Crippen LogP contribution in [0.4, 0.5) is 0 Å². The van der Waals surface area contributed by atoms with Gasteiger partial charge in [-0.25, -0.2) is 0 Å². The number of thiophene rings is 1. The van der Waals surface area contributed by atoms with Crippen LogP contribution < -0.4 is 0 Å². The highest BCUT2D eigenvalue weighted by molar-refractivity contribution is 7.10. The summed E-state index contributed by atoms with van der Waals surface area (Å²) in [4.78, 5) is 1.29. The Morgan fingerprint density at radius 1 is 1.46 bits per heavy atom. The van der Waals surface area contributed by atoms with E-state index >= 15 is 0 Å². The second-order valence-corrected chi connectivity index (χ2v) is 3.92. The van der Waals surface area contributed by atoms with Crippen molar-refractivity contribution in [2.24, 2.45) is 7.05 Å². The number of hydrogen-bond donors (Lipinski definition) is 0. The highest BCUT2D eigenvalue weighted by atomic mass is 32.1. The van der Waals surface area contributed by atoms with Crippen molar-refractivity contribution in [1.29, 1.82) is 0 Å². The molecule has 0 N–H and O–H groups in total. The quantitative estimate of drug-likeness (QED) is 0.713. The molecule has 3 heteroatoms. The highest BCUT2D eigenvalue weighted by Crippen LogP contribution is 2.24. The van der Waals surface area contributed by atoms with Crippen molar-refractivity contribution >= 4 is 11.3 Å². The zero-order valence-corrected chi connectivity index (χ0v) is 8.51. The molecule has 13 heavy (non-hydrogen) atoms. The predicted octanol–water partition coefficient (Wildman–Crippen LogP) is 2.47. The van der Waals surface area contributed by atoms with Gasteiger partial charge in [0, 0.05) is 18.1 Å². The van der Waals surface area contributed by atoms with Gasteiger partial charge in [0.15, 0.2) is 0 Å². The van der Waals surface area contributed by atoms with Crippen molar-refractivity contribution in [2.45, 2.75) is 6.92 Å². The first-order valence-corrected chi connectivity index (χ1v) is 5.03. The maximum atomic E-state index is 4.35. The second kappa shape index (κ2) is 3.34. The molecule has 0 aliphatic carbocycles. The topological polar surface area (TPSA) is 17.8 Å². The summed E-state index contributed by atoms with van der Waals surface area (Å²) < 4.78 is 1.83. The average molecular weight is 191 g/mol. The molecule has 1 radical (unpaired) electrons. The van der Waals surface area contributed by atoms with Crippen LogP contribution in [0.1, 0.15) is 17.5 Å². The fourth-order valence-electron chi connectivity index (χ4n) is 1.23. The first kappa shape index (κ1) is 8.51. The van der Waals surface area contributed by atoms with E-state index in [-0.39, 0.29) is 0 Å². The van der Waals surface area contributed by atoms with Crippen LogP contribution in [0.5, 0.6) is 0 Å². The highest BCUT2D eigenvalue weighted by Gasteiger charge is 2.12. The second-order valence-electron chi connectivity index (χ2n) is 2.98. The molecule has 0 saturated heterocycles. The molecule has 0 aliphatic rings. The van der Waals surface area contributed by atoms with Crippen molar-refractivity contribution in [3.8, 4) is 0 Å². The van der Waals surface area contributed by atoms with Crippen LogP contribution in [0.25, 0.3) is 0 Å². The Morgan fingerprint density at radius 3 is 2.85 bits per heavy atom. The maximum absolute atomic E-state index is 4.35. The standard InChI is InChI=1S/C10H11N2S/c1-8(10-4-3-7-13-10)9-5-6-12(2)11-9/h3-7H,1-2H3. The van der Waals surface area contributed by atoms with Gasteiger partial charge in [-0.2, -0.15) is 5.10 Å². The predicted molar refractivity (Wildman–Crippen MR) is 54.6 cm³/mol. The molecule has 2 rings (SSSR count). The van der Waals surface area contributed by atoms with Crippen molar-refractivity contribution in [1.82, 2.24) is 9.78 Å². The van der Waals surface area contributed by atoms with E-state index in [1.54, 1.807) is 11.3 Å². The van der Waals surface area contributed by atoms with Crippen LogP contribution >= 0.6 is 11.3 Å². The SMILES string of the molecule is C[C](c1ccn(C)n1)c1cccs1. The van der Waals surface area contributed by atoms with Crippen molar-refractivity contribution in [3.05, 3.63) is 46.3 Å². The van der Waals surface area contributed by atoms with Crippen molar-refractivity contribution in [3.63, 3.8) is 0 Å². The number of rotatable bonds is 2. The Bertz CT molecular complexity index is 375. The van der Waals surface area contributed by atoms with Crippen LogP contribution in [-0.4, -0.2) is 9.78 Å². The molecule has 67 valence electrons. The van der Waals surface area contributed by atoms with Gasteiger partial charge in [-0.05, 0) is 24.4 Å². The minimum atomic E-state index is 1.06. The summed E-state index contributed by atoms with van der Waals surface area (Å²) in [6, 6.07) is 6.22. The average Bonchev–Trinajstić information content (AvgIpc) is 2.72. The Morgan fingerprint density at radius 2 is 2.31 bits per heavy atom. The third-order valence-corrected chi connectivity index (χ3v) is 2.98. The molecule has 0 fully saturated rings. The van der Waals surface area contributed by atoms with Crippen LogP contribution in [0.3, 0.4) is 0 Å². The molecule has 0 bridgehead atoms. The molecule has 2 heterocycles. The summed E-state index contributed by atoms with van der Waals surface area (Å²) in [5.74, 6) is 1.25. The van der Waals surface area contributed by atoms with Gasteiger partial charge in [0.1, 0.15) is 0 Å². The number of aryl methyl sites for hydroxylation is 1. The lowest BCUT2D eigenvalue weighted by molar-refractivity contribution is 0.753. The number of aromatic nitrogens is 2. The Labute approximate surface area is 81.8 Å². The lowest BCUT2D eigenvalue weighted by Crippen LogP contribution is -1.97. The van der Waals surface area contributed by atoms with Crippen molar-refractivity contribution < 1.29 is 0 Å². The van der Waals surface area contributed by atoms with Gasteiger partial charge in [-0.1, -0.05) is 6.07 Å². The molecular weight excluding hydrogens is 180 g/mol. The molecule has 0 atom stereocenters. The Kier molecular flexibility index (Phi) is 2.19. The van der Waals surface area contributed by atoms with Crippen LogP contribution in [0.2, 0.25) is 0 Å². The van der Waals surface area contributed by atoms with E-state index in [0.29, 0.717) is 0 Å². The molecule has 0 spiro atoms. The Hall–Kier alpha value is -1.09. The van der Waals surface area contributed by atoms with Gasteiger partial charge in [-0.3, -0.25) is 4.68 Å². The van der Waals surface area contributed by atoms with E-state index in [9.17, 15) is 0 Å². The van der Waals surface area contributed by atoms with Gasteiger partial charge >= 0.3 is 0 Å². The summed E-state index contributed by atoms with van der Waals surface area (Å²) in [5.41, 5.74) is 1.06. The minimum absolute atomic E-state index is 1.06. The normalized spacial score (nSPS) is 11.0. The van der Waals surface area contributed by atoms with Crippen LogP contribution in [0.15, 0.2) is 29.8 Å². The molecule has 2 aromatic rings. The zero-order chi connectivity index (χ0) is 9.26. The number of hydrogen-bond acceptors (Lipinski definition) is 2. The largest absolute Gasteiger partial charge is 0.276 e. The lowest BCUT2D eigenvalue weighted by Gasteiger charge is -2.03. The minimum Gasteiger partial charge on any atom is -0.276 e. The van der Waals surface area contributed by atoms with E-state index in [2.05, 4.69) is 29.5 Å². The van der Waals surface area contributed by atoms with E-state index < -0.39 is 0 Å². The smallest absolute Gasteiger partial charge is 0.0748 e. The monoisotopic (exact) mass is 191 g/mol. The summed E-state index contributed by atoms with van der Waals surface area (Å²) in [7, 11) is 1.94. The first-order chi connectivity index (χ1) is 6.27. The maximum Gasteiger partial charge on any atom is 0.0748 e. The van der Waals surface area contributed by atoms with E-state index in [1.807, 2.05) is 24.0 Å². The van der Waals surface area contributed by atoms with E-state index in [4.69, 9.17) is 0 Å². The zero-order valence-electron chi connectivity index (χ0n) is 7.69. The summed E-state index contributed by atoms with van der Waals surface area (Å²) in [6.45, 7) is 2.11. The van der Waals surface area contributed by atoms with Gasteiger partial charge in [0.05, 0.1) is 11.6 Å². The molecule has 0 aromatic carbocycles. The van der Waals surface area contributed by atoms with Crippen LogP contribution in [0, 0.1) is 5.92 Å². The number of nitrogens with zero attached hydrogens (tertiary/aromatic N) is 2. The summed E-state index contributed by atoms with van der Waals surface area (Å²) in [6.07, 6.45) is 1.96. The van der Waals surface area contributed by atoms with Gasteiger partial charge in [0.2, 0.25) is 0 Å². The van der Waals surface area contributed by atoms with E-state index in [0.717, 1.165) is 5.69 Å². The van der Waals surface area contributed by atoms with E-state index in [1.165, 1.54) is 10.8 Å². The molecule has 2 nitrogen and oxygen atoms in total. The molecular formula is C10H11N2S. The fraction of sp³-hybridized carbons (Fsp3) is 0.200. The summed E-state index contributed by atoms with van der Waals surface area (Å²) in [5, 5.41) is 6.44. The van der Waals surface area contributed by atoms with Gasteiger partial charge < -0.3 is 0 Å². The van der Waals surface area contributed by atoms with Crippen molar-refractivity contribution in [2.75, 3.05) is 0 Å². The van der Waals surface area contributed by atoms with Crippen LogP contribution in [-0.2, 0) is 7.05 Å². The Balaban J connectivity index is 2.28. The molecule has 0 saturated carbocycles. The lowest BCUT2D eigenvalue weighted by atomic mass is 10.1. The molecule has 0 aliphatic heterocycles. The third-order valence-electron chi connectivity index (χ3n) is 1.99. The molecule has 0 amide bonds. The summed E-state index contributed by atoms with van der Waals surface area (Å²) >= 11 is 1.75. The van der Waals surface area contributed by atoms with Gasteiger partial charge in [0.25, 0.3) is 0 Å². The molecule has 0 unspecified atom stereocenters. The fourth-order valence-corrected chi connectivity index (χ4v) is 1.98. The van der Waals surface area contributed by atoms with Gasteiger partial charge in [-0.15, -0.1) is 11.3 Å².